The molecule has 0 aliphatic carbocycles. The van der Waals surface area contributed by atoms with Crippen LogP contribution in [0, 0.1) is 0 Å². The van der Waals surface area contributed by atoms with E-state index in [9.17, 15) is 13.2 Å². The van der Waals surface area contributed by atoms with Crippen LogP contribution in [0.25, 0.3) is 22.2 Å². The van der Waals surface area contributed by atoms with Crippen LogP contribution in [0.2, 0.25) is 0 Å². The van der Waals surface area contributed by atoms with Gasteiger partial charge in [0, 0.05) is 31.2 Å². The number of benzene rings is 1. The standard InChI is InChI=1S/C16H16N4O3S/c1-20-15(21)7-6-14-13(8-9-18-16(14)20)12-4-2-11(3-5-12)10-19-24(17,22)23/h2-9,19H,10H2,1H3,(H2,17,22,23). The van der Waals surface area contributed by atoms with Crippen molar-refractivity contribution in [1.82, 2.24) is 14.3 Å². The molecule has 0 spiro atoms. The minimum atomic E-state index is -3.71. The maximum atomic E-state index is 11.7. The van der Waals surface area contributed by atoms with Gasteiger partial charge in [-0.05, 0) is 28.8 Å². The highest BCUT2D eigenvalue weighted by Crippen LogP contribution is 2.26. The van der Waals surface area contributed by atoms with E-state index in [1.807, 2.05) is 30.3 Å². The van der Waals surface area contributed by atoms with E-state index in [0.717, 1.165) is 22.1 Å². The lowest BCUT2D eigenvalue weighted by Crippen LogP contribution is -2.30. The first-order valence-corrected chi connectivity index (χ1v) is 8.71. The Hall–Kier alpha value is -2.55. The zero-order valence-corrected chi connectivity index (χ0v) is 13.7. The number of fused-ring (bicyclic) bond motifs is 1. The molecule has 3 aromatic rings. The number of nitrogens with two attached hydrogens (primary N) is 1. The second-order valence-corrected chi connectivity index (χ2v) is 6.77. The van der Waals surface area contributed by atoms with E-state index in [0.29, 0.717) is 5.65 Å². The maximum absolute atomic E-state index is 11.7. The molecular formula is C16H16N4O3S. The number of nitrogens with one attached hydrogen (secondary N) is 1. The summed E-state index contributed by atoms with van der Waals surface area (Å²) in [4.78, 5) is 16.0. The summed E-state index contributed by atoms with van der Waals surface area (Å²) < 4.78 is 25.6. The van der Waals surface area contributed by atoms with Gasteiger partial charge in [0.1, 0.15) is 5.65 Å². The minimum Gasteiger partial charge on any atom is -0.296 e. The Morgan fingerprint density at radius 3 is 2.50 bits per heavy atom. The van der Waals surface area contributed by atoms with Crippen molar-refractivity contribution < 1.29 is 8.42 Å². The molecule has 0 saturated carbocycles. The van der Waals surface area contributed by atoms with Crippen LogP contribution in [-0.2, 0) is 23.8 Å². The Labute approximate surface area is 138 Å². The van der Waals surface area contributed by atoms with E-state index < -0.39 is 10.2 Å². The van der Waals surface area contributed by atoms with Crippen LogP contribution in [0.5, 0.6) is 0 Å². The molecule has 8 heteroatoms. The van der Waals surface area contributed by atoms with Crippen LogP contribution in [-0.4, -0.2) is 18.0 Å². The van der Waals surface area contributed by atoms with Crippen molar-refractivity contribution in [3.8, 4) is 11.1 Å². The second kappa shape index (κ2) is 6.16. The highest BCUT2D eigenvalue weighted by molar-refractivity contribution is 7.87. The predicted molar refractivity (Wildman–Crippen MR) is 92.4 cm³/mol. The molecule has 2 heterocycles. The van der Waals surface area contributed by atoms with Crippen LogP contribution in [0.4, 0.5) is 0 Å². The predicted octanol–water partition coefficient (Wildman–Crippen LogP) is 0.894. The average molecular weight is 344 g/mol. The van der Waals surface area contributed by atoms with Gasteiger partial charge in [-0.2, -0.15) is 13.1 Å². The zero-order chi connectivity index (χ0) is 17.3. The summed E-state index contributed by atoms with van der Waals surface area (Å²) in [5, 5.41) is 5.79. The van der Waals surface area contributed by atoms with Crippen molar-refractivity contribution in [3.63, 3.8) is 0 Å². The highest BCUT2D eigenvalue weighted by atomic mass is 32.2. The molecule has 2 aromatic heterocycles. The van der Waals surface area contributed by atoms with Gasteiger partial charge in [-0.3, -0.25) is 9.36 Å². The van der Waals surface area contributed by atoms with Crippen LogP contribution >= 0.6 is 0 Å². The molecule has 1 aromatic carbocycles. The average Bonchev–Trinajstić information content (AvgIpc) is 2.56. The fourth-order valence-corrected chi connectivity index (χ4v) is 2.87. The normalized spacial score (nSPS) is 11.8. The summed E-state index contributed by atoms with van der Waals surface area (Å²) in [6, 6.07) is 12.6. The van der Waals surface area contributed by atoms with Gasteiger partial charge in [0.15, 0.2) is 0 Å². The van der Waals surface area contributed by atoms with E-state index in [1.54, 1.807) is 19.3 Å². The van der Waals surface area contributed by atoms with Gasteiger partial charge < -0.3 is 0 Å². The van der Waals surface area contributed by atoms with E-state index in [-0.39, 0.29) is 12.1 Å². The van der Waals surface area contributed by atoms with Gasteiger partial charge in [-0.1, -0.05) is 24.3 Å². The third-order valence-corrected chi connectivity index (χ3v) is 4.30. The number of aryl methyl sites for hydroxylation is 1. The summed E-state index contributed by atoms with van der Waals surface area (Å²) in [5.41, 5.74) is 3.18. The monoisotopic (exact) mass is 344 g/mol. The van der Waals surface area contributed by atoms with Crippen molar-refractivity contribution in [2.45, 2.75) is 6.54 Å². The smallest absolute Gasteiger partial charge is 0.274 e. The third-order valence-electron chi connectivity index (χ3n) is 3.75. The topological polar surface area (TPSA) is 107 Å². The van der Waals surface area contributed by atoms with Crippen LogP contribution < -0.4 is 15.4 Å². The SMILES string of the molecule is Cn1c(=O)ccc2c(-c3ccc(CNS(N)(=O)=O)cc3)ccnc21. The van der Waals surface area contributed by atoms with Gasteiger partial charge in [0.25, 0.3) is 15.8 Å². The molecule has 24 heavy (non-hydrogen) atoms. The lowest BCUT2D eigenvalue weighted by Gasteiger charge is -2.09. The number of nitrogens with zero attached hydrogens (tertiary/aromatic N) is 2. The summed E-state index contributed by atoms with van der Waals surface area (Å²) >= 11 is 0. The van der Waals surface area contributed by atoms with Gasteiger partial charge in [0.05, 0.1) is 0 Å². The van der Waals surface area contributed by atoms with Crippen LogP contribution in [0.15, 0.2) is 53.5 Å². The molecule has 0 fully saturated rings. The highest BCUT2D eigenvalue weighted by Gasteiger charge is 2.08. The van der Waals surface area contributed by atoms with Gasteiger partial charge >= 0.3 is 0 Å². The molecule has 0 amide bonds. The molecule has 3 N–H and O–H groups in total. The molecule has 124 valence electrons. The van der Waals surface area contributed by atoms with Crippen LogP contribution in [0.3, 0.4) is 0 Å². The maximum Gasteiger partial charge on any atom is 0.274 e. The fraction of sp³-hybridized carbons (Fsp3) is 0.125. The zero-order valence-electron chi connectivity index (χ0n) is 12.9. The first kappa shape index (κ1) is 16.3. The van der Waals surface area contributed by atoms with Crippen molar-refractivity contribution in [2.75, 3.05) is 0 Å². The lowest BCUT2D eigenvalue weighted by molar-refractivity contribution is 0.583. The van der Waals surface area contributed by atoms with Gasteiger partial charge in [0.2, 0.25) is 0 Å². The molecule has 0 saturated heterocycles. The molecule has 0 aliphatic rings. The molecule has 7 nitrogen and oxygen atoms in total. The number of aromatic nitrogens is 2. The first-order valence-electron chi connectivity index (χ1n) is 7.16. The van der Waals surface area contributed by atoms with E-state index >= 15 is 0 Å². The second-order valence-electron chi connectivity index (χ2n) is 5.39. The fourth-order valence-electron chi connectivity index (χ4n) is 2.50. The summed E-state index contributed by atoms with van der Waals surface area (Å²) in [6.45, 7) is 0.130. The third kappa shape index (κ3) is 3.35. The van der Waals surface area contributed by atoms with Crippen molar-refractivity contribution in [3.05, 3.63) is 64.6 Å². The van der Waals surface area contributed by atoms with Crippen molar-refractivity contribution in [1.29, 1.82) is 0 Å². The number of rotatable bonds is 4. The Morgan fingerprint density at radius 2 is 1.83 bits per heavy atom. The quantitative estimate of drug-likeness (QED) is 0.733. The Kier molecular flexibility index (Phi) is 4.18. The molecule has 0 bridgehead atoms. The van der Waals surface area contributed by atoms with E-state index in [2.05, 4.69) is 9.71 Å². The van der Waals surface area contributed by atoms with Crippen molar-refractivity contribution in [2.24, 2.45) is 12.2 Å². The Balaban J connectivity index is 1.99. The molecule has 0 radical (unpaired) electrons. The van der Waals surface area contributed by atoms with Crippen molar-refractivity contribution >= 4 is 21.2 Å². The first-order chi connectivity index (χ1) is 11.3. The van der Waals surface area contributed by atoms with E-state index in [4.69, 9.17) is 5.14 Å². The Morgan fingerprint density at radius 1 is 1.12 bits per heavy atom. The summed E-state index contributed by atoms with van der Waals surface area (Å²) in [7, 11) is -2.03. The largest absolute Gasteiger partial charge is 0.296 e. The molecule has 0 atom stereocenters. The lowest BCUT2D eigenvalue weighted by atomic mass is 10.0. The van der Waals surface area contributed by atoms with E-state index in [1.165, 1.54) is 10.6 Å². The summed E-state index contributed by atoms with van der Waals surface area (Å²) in [6.07, 6.45) is 1.66. The molecule has 0 unspecified atom stereocenters. The Bertz CT molecular complexity index is 1060. The number of hydrogen-bond donors (Lipinski definition) is 2. The molecule has 3 rings (SSSR count). The number of hydrogen-bond acceptors (Lipinski definition) is 4. The number of pyridine rings is 2. The van der Waals surface area contributed by atoms with Gasteiger partial charge in [-0.15, -0.1) is 0 Å². The summed E-state index contributed by atoms with van der Waals surface area (Å²) in [5.74, 6) is 0. The van der Waals surface area contributed by atoms with Crippen LogP contribution in [0.1, 0.15) is 5.56 Å². The van der Waals surface area contributed by atoms with Gasteiger partial charge in [-0.25, -0.2) is 10.1 Å². The molecular weight excluding hydrogens is 328 g/mol. The minimum absolute atomic E-state index is 0.114. The molecule has 0 aliphatic heterocycles.